The molecule has 2 aromatic carbocycles. The van der Waals surface area contributed by atoms with Gasteiger partial charge in [0.2, 0.25) is 11.9 Å². The summed E-state index contributed by atoms with van der Waals surface area (Å²) in [6, 6.07) is 11.3. The molecule has 3 aromatic rings. The minimum absolute atomic E-state index is 0.0206. The van der Waals surface area contributed by atoms with E-state index in [9.17, 15) is 22.8 Å². The number of likely N-dealkylation sites (tertiary alicyclic amines) is 1. The van der Waals surface area contributed by atoms with Crippen molar-refractivity contribution < 1.29 is 27.5 Å². The number of ether oxygens (including phenoxy) is 1. The number of hydrogen-bond donors (Lipinski definition) is 2. The van der Waals surface area contributed by atoms with Crippen LogP contribution in [0.25, 0.3) is 0 Å². The van der Waals surface area contributed by atoms with E-state index < -0.39 is 22.8 Å². The van der Waals surface area contributed by atoms with Crippen LogP contribution >= 0.6 is 0 Å². The summed E-state index contributed by atoms with van der Waals surface area (Å²) in [5, 5.41) is 5.95. The summed E-state index contributed by atoms with van der Waals surface area (Å²) < 4.78 is 47.4. The maximum atomic E-state index is 14.0. The van der Waals surface area contributed by atoms with E-state index in [1.54, 1.807) is 17.0 Å². The van der Waals surface area contributed by atoms with Gasteiger partial charge in [-0.2, -0.15) is 13.2 Å². The van der Waals surface area contributed by atoms with Gasteiger partial charge < -0.3 is 20.3 Å². The summed E-state index contributed by atoms with van der Waals surface area (Å²) in [6.07, 6.45) is -2.16. The molecule has 11 heteroatoms. The first-order chi connectivity index (χ1) is 21.0. The van der Waals surface area contributed by atoms with Gasteiger partial charge in [0.05, 0.1) is 16.7 Å². The van der Waals surface area contributed by atoms with Gasteiger partial charge in [0.25, 0.3) is 0 Å². The summed E-state index contributed by atoms with van der Waals surface area (Å²) >= 11 is 0. The van der Waals surface area contributed by atoms with Crippen molar-refractivity contribution in [1.82, 2.24) is 14.9 Å². The number of nitrogens with one attached hydrogen (secondary N) is 2. The summed E-state index contributed by atoms with van der Waals surface area (Å²) in [5.41, 5.74) is 2.87. The quantitative estimate of drug-likeness (QED) is 0.293. The average molecular weight is 624 g/mol. The van der Waals surface area contributed by atoms with Crippen molar-refractivity contribution in [2.75, 3.05) is 23.7 Å². The molecular weight excluding hydrogens is 583 g/mol. The van der Waals surface area contributed by atoms with Crippen LogP contribution in [0.2, 0.25) is 0 Å². The molecule has 5 rings (SSSR count). The van der Waals surface area contributed by atoms with Gasteiger partial charge in [-0.15, -0.1) is 0 Å². The Morgan fingerprint density at radius 2 is 1.82 bits per heavy atom. The molecule has 1 aromatic heterocycles. The highest BCUT2D eigenvalue weighted by Crippen LogP contribution is 2.40. The number of alkyl halides is 3. The van der Waals surface area contributed by atoms with Gasteiger partial charge in [0.15, 0.2) is 0 Å². The minimum Gasteiger partial charge on any atom is -0.444 e. The zero-order chi connectivity index (χ0) is 32.7. The monoisotopic (exact) mass is 623 g/mol. The molecule has 1 fully saturated rings. The van der Waals surface area contributed by atoms with Crippen LogP contribution in [-0.2, 0) is 34.0 Å². The van der Waals surface area contributed by atoms with Crippen molar-refractivity contribution in [2.45, 2.75) is 90.3 Å². The molecule has 0 radical (unpaired) electrons. The van der Waals surface area contributed by atoms with Crippen LogP contribution in [0, 0.1) is 6.92 Å². The predicted octanol–water partition coefficient (Wildman–Crippen LogP) is 7.68. The second-order valence-corrected chi connectivity index (χ2v) is 13.4. The van der Waals surface area contributed by atoms with E-state index in [0.717, 1.165) is 35.7 Å². The first-order valence-corrected chi connectivity index (χ1v) is 15.3. The number of nitrogens with zero attached hydrogens (tertiary/aromatic N) is 3. The predicted molar refractivity (Wildman–Crippen MR) is 167 cm³/mol. The van der Waals surface area contributed by atoms with E-state index in [0.29, 0.717) is 24.5 Å². The zero-order valence-electron chi connectivity index (χ0n) is 26.6. The van der Waals surface area contributed by atoms with Crippen molar-refractivity contribution in [2.24, 2.45) is 0 Å². The Bertz CT molecular complexity index is 1610. The molecule has 2 amide bonds. The smallest absolute Gasteiger partial charge is 0.419 e. The molecule has 2 aliphatic heterocycles. The van der Waals surface area contributed by atoms with E-state index in [2.05, 4.69) is 20.6 Å². The summed E-state index contributed by atoms with van der Waals surface area (Å²) in [4.78, 5) is 35.0. The van der Waals surface area contributed by atoms with E-state index in [1.807, 2.05) is 65.8 Å². The number of amides is 2. The van der Waals surface area contributed by atoms with E-state index in [-0.39, 0.29) is 42.4 Å². The lowest BCUT2D eigenvalue weighted by Crippen LogP contribution is -2.41. The third-order valence-corrected chi connectivity index (χ3v) is 8.51. The second-order valence-electron chi connectivity index (χ2n) is 13.4. The van der Waals surface area contributed by atoms with Crippen LogP contribution in [-0.4, -0.2) is 45.6 Å². The Morgan fingerprint density at radius 1 is 1.11 bits per heavy atom. The van der Waals surface area contributed by atoms with E-state index >= 15 is 0 Å². The number of fused-ring (bicyclic) bond motifs is 1. The average Bonchev–Trinajstić information content (AvgIpc) is 3.18. The van der Waals surface area contributed by atoms with Gasteiger partial charge in [-0.25, -0.2) is 14.8 Å². The lowest BCUT2D eigenvalue weighted by Gasteiger charge is -2.34. The maximum Gasteiger partial charge on any atom is 0.419 e. The number of anilines is 3. The number of carbonyl (C=O) groups is 2. The molecule has 1 saturated heterocycles. The molecule has 8 nitrogen and oxygen atoms in total. The highest BCUT2D eigenvalue weighted by molar-refractivity contribution is 6.06. The van der Waals surface area contributed by atoms with E-state index in [4.69, 9.17) is 4.74 Å². The number of aryl methyl sites for hydroxylation is 3. The van der Waals surface area contributed by atoms with Crippen LogP contribution in [0.5, 0.6) is 0 Å². The van der Waals surface area contributed by atoms with Crippen LogP contribution in [0.1, 0.15) is 86.9 Å². The molecular formula is C34H40F3N5O3. The normalized spacial score (nSPS) is 16.7. The highest BCUT2D eigenvalue weighted by Gasteiger charge is 2.40. The number of carbonyl (C=O) groups excluding carboxylic acids is 2. The minimum atomic E-state index is -4.61. The number of benzene rings is 2. The molecule has 0 aliphatic carbocycles. The fraction of sp³-hybridized carbons (Fsp3) is 0.471. The summed E-state index contributed by atoms with van der Waals surface area (Å²) in [5.74, 6) is 0.217. The summed E-state index contributed by atoms with van der Waals surface area (Å²) in [7, 11) is 0. The Hall–Kier alpha value is -4.15. The Labute approximate surface area is 261 Å². The third-order valence-electron chi connectivity index (χ3n) is 8.51. The van der Waals surface area contributed by atoms with Gasteiger partial charge in [-0.1, -0.05) is 18.2 Å². The number of aromatic nitrogens is 2. The number of halogens is 3. The molecule has 2 N–H and O–H groups in total. The van der Waals surface area contributed by atoms with Gasteiger partial charge in [-0.3, -0.25) is 4.79 Å². The van der Waals surface area contributed by atoms with Crippen molar-refractivity contribution >= 4 is 29.3 Å². The van der Waals surface area contributed by atoms with Crippen LogP contribution in [0.4, 0.5) is 35.3 Å². The molecule has 0 atom stereocenters. The Balaban J connectivity index is 1.29. The maximum absolute atomic E-state index is 14.0. The third kappa shape index (κ3) is 7.07. The van der Waals surface area contributed by atoms with Crippen molar-refractivity contribution in [3.8, 4) is 0 Å². The fourth-order valence-corrected chi connectivity index (χ4v) is 6.24. The van der Waals surface area contributed by atoms with E-state index in [1.165, 1.54) is 5.56 Å². The Morgan fingerprint density at radius 3 is 2.47 bits per heavy atom. The number of rotatable bonds is 6. The lowest BCUT2D eigenvalue weighted by atomic mass is 9.82. The first-order valence-electron chi connectivity index (χ1n) is 15.3. The largest absolute Gasteiger partial charge is 0.444 e. The van der Waals surface area contributed by atoms with Crippen LogP contribution in [0.3, 0.4) is 0 Å². The van der Waals surface area contributed by atoms with Gasteiger partial charge in [0, 0.05) is 30.7 Å². The topological polar surface area (TPSA) is 96.5 Å². The van der Waals surface area contributed by atoms with Crippen molar-refractivity contribution in [3.63, 3.8) is 0 Å². The van der Waals surface area contributed by atoms with Crippen molar-refractivity contribution in [3.05, 3.63) is 76.1 Å². The molecule has 0 bridgehead atoms. The molecule has 0 saturated carbocycles. The molecule has 240 valence electrons. The van der Waals surface area contributed by atoms with Crippen LogP contribution < -0.4 is 10.6 Å². The first kappa shape index (κ1) is 32.2. The molecule has 3 heterocycles. The fourth-order valence-electron chi connectivity index (χ4n) is 6.24. The van der Waals surface area contributed by atoms with Gasteiger partial charge in [-0.05, 0) is 114 Å². The Kier molecular flexibility index (Phi) is 8.59. The second kappa shape index (κ2) is 12.0. The molecule has 2 aliphatic rings. The number of piperidine rings is 1. The standard InChI is InChI=1S/C34H40F3N5O3/c1-20-18-23(11-12-24(20)21-14-16-42(17-15-21)31(44)45-32(2,3)4)39-30-38-19-25(34(35,36)37)26(41-30)13-10-22-8-7-9-27-28(22)33(5,6)29(43)40-27/h7-9,11-12,18-19,21H,10,13-17H2,1-6H3,(H,40,43)(H,38,39,41). The lowest BCUT2D eigenvalue weighted by molar-refractivity contribution is -0.138. The highest BCUT2D eigenvalue weighted by atomic mass is 19.4. The van der Waals surface area contributed by atoms with Gasteiger partial charge >= 0.3 is 12.3 Å². The van der Waals surface area contributed by atoms with Gasteiger partial charge in [0.1, 0.15) is 5.60 Å². The molecule has 45 heavy (non-hydrogen) atoms. The SMILES string of the molecule is Cc1cc(Nc2ncc(C(F)(F)F)c(CCc3cccc4c3C(C)(C)C(=O)N4)n2)ccc1C1CCN(C(=O)OC(C)(C)C)CC1. The molecule has 0 spiro atoms. The van der Waals surface area contributed by atoms with Crippen molar-refractivity contribution in [1.29, 1.82) is 0 Å². The summed E-state index contributed by atoms with van der Waals surface area (Å²) in [6.45, 7) is 12.4. The zero-order valence-corrected chi connectivity index (χ0v) is 26.6. The molecule has 0 unspecified atom stereocenters. The van der Waals surface area contributed by atoms with Crippen LogP contribution in [0.15, 0.2) is 42.6 Å². The number of hydrogen-bond acceptors (Lipinski definition) is 6.